The predicted molar refractivity (Wildman–Crippen MR) is 228 cm³/mol. The molecule has 0 radical (unpaired) electrons. The second kappa shape index (κ2) is 24.3. The van der Waals surface area contributed by atoms with Crippen molar-refractivity contribution in [3.63, 3.8) is 0 Å². The zero-order valence-corrected chi connectivity index (χ0v) is 35.9. The summed E-state index contributed by atoms with van der Waals surface area (Å²) in [4.78, 5) is 61.4. The fourth-order valence-corrected chi connectivity index (χ4v) is 6.06. The molecule has 1 heterocycles. The third-order valence-electron chi connectivity index (χ3n) is 9.88. The molecule has 0 aliphatic rings. The van der Waals surface area contributed by atoms with Gasteiger partial charge in [-0.15, -0.1) is 0 Å². The van der Waals surface area contributed by atoms with E-state index in [-0.39, 0.29) is 70.6 Å². The number of aromatic nitrogens is 3. The number of esters is 2. The van der Waals surface area contributed by atoms with E-state index in [1.807, 2.05) is 0 Å². The molecular weight excluding hydrogens is 803 g/mol. The number of aliphatic hydroxyl groups is 2. The molecule has 0 spiro atoms. The van der Waals surface area contributed by atoms with Gasteiger partial charge in [0.05, 0.1) is 37.6 Å². The maximum atomic E-state index is 12.7. The van der Waals surface area contributed by atoms with Gasteiger partial charge < -0.3 is 44.1 Å². The van der Waals surface area contributed by atoms with Gasteiger partial charge in [-0.25, -0.2) is 24.5 Å². The van der Waals surface area contributed by atoms with Crippen molar-refractivity contribution in [2.45, 2.75) is 116 Å². The van der Waals surface area contributed by atoms with Crippen molar-refractivity contribution < 1.29 is 63.3 Å². The maximum Gasteiger partial charge on any atom is 0.377 e. The zero-order chi connectivity index (χ0) is 45.2. The van der Waals surface area contributed by atoms with Gasteiger partial charge in [-0.3, -0.25) is 9.59 Å². The van der Waals surface area contributed by atoms with Gasteiger partial charge in [0.15, 0.2) is 35.5 Å². The number of carbonyl (C=O) groups excluding carboxylic acids is 4. The van der Waals surface area contributed by atoms with Crippen LogP contribution in [0.2, 0.25) is 0 Å². The average Bonchev–Trinajstić information content (AvgIpc) is 3.25. The van der Waals surface area contributed by atoms with E-state index < -0.39 is 42.1 Å². The number of rotatable bonds is 26. The lowest BCUT2D eigenvalue weighted by Crippen LogP contribution is -2.37. The quantitative estimate of drug-likeness (QED) is 0.0292. The van der Waals surface area contributed by atoms with Crippen LogP contribution in [-0.4, -0.2) is 104 Å². The Kier molecular flexibility index (Phi) is 19.1. The number of aromatic hydroxyl groups is 2. The molecule has 0 saturated carbocycles. The summed E-state index contributed by atoms with van der Waals surface area (Å²) in [6.07, 6.45) is 4.54. The molecular formula is C46H57N3O13. The average molecular weight is 860 g/mol. The van der Waals surface area contributed by atoms with Crippen LogP contribution < -0.4 is 14.2 Å². The number of hydrogen-bond donors (Lipinski definition) is 4. The number of hydrogen-bond acceptors (Lipinski definition) is 16. The van der Waals surface area contributed by atoms with Crippen molar-refractivity contribution in [2.24, 2.45) is 0 Å². The van der Waals surface area contributed by atoms with E-state index in [1.54, 1.807) is 69.5 Å². The molecule has 0 saturated heterocycles. The lowest BCUT2D eigenvalue weighted by molar-refractivity contribution is -0.160. The lowest BCUT2D eigenvalue weighted by Gasteiger charge is -2.15. The second-order valence-corrected chi connectivity index (χ2v) is 14.9. The van der Waals surface area contributed by atoms with Crippen LogP contribution in [0, 0.1) is 0 Å². The summed E-state index contributed by atoms with van der Waals surface area (Å²) in [7, 11) is 1.55. The lowest BCUT2D eigenvalue weighted by atomic mass is 10.1. The van der Waals surface area contributed by atoms with Crippen molar-refractivity contribution in [1.82, 2.24) is 15.0 Å². The Morgan fingerprint density at radius 3 is 1.47 bits per heavy atom. The van der Waals surface area contributed by atoms with Crippen LogP contribution in [0.3, 0.4) is 0 Å². The summed E-state index contributed by atoms with van der Waals surface area (Å²) < 4.78 is 27.0. The highest BCUT2D eigenvalue weighted by molar-refractivity contribution is 6.35. The molecule has 4 rings (SSSR count). The molecule has 0 aliphatic heterocycles. The third-order valence-corrected chi connectivity index (χ3v) is 9.88. The number of carbonyl (C=O) groups is 4. The smallest absolute Gasteiger partial charge is 0.377 e. The van der Waals surface area contributed by atoms with Crippen molar-refractivity contribution in [1.29, 1.82) is 0 Å². The Hall–Kier alpha value is -6.13. The number of ether oxygens (including phenoxy) is 5. The predicted octanol–water partition coefficient (Wildman–Crippen LogP) is 6.71. The van der Waals surface area contributed by atoms with E-state index in [1.165, 1.54) is 26.0 Å². The summed E-state index contributed by atoms with van der Waals surface area (Å²) in [6, 6.07) is 16.0. The number of nitrogens with zero attached hydrogens (tertiary/aromatic N) is 3. The van der Waals surface area contributed by atoms with Crippen LogP contribution in [0.4, 0.5) is 0 Å². The van der Waals surface area contributed by atoms with Gasteiger partial charge in [0.1, 0.15) is 34.9 Å². The molecule has 0 fully saturated rings. The van der Waals surface area contributed by atoms with Gasteiger partial charge in [0, 0.05) is 17.7 Å². The van der Waals surface area contributed by atoms with Gasteiger partial charge in [-0.05, 0) is 89.1 Å². The SMILES string of the molecule is COc1ccc(-c2nc(-c3ccc(OC(C)C(C)=O)cc3O)nc(-c3ccc(OC(C)C(=O)OCCCCCCCCCCCCOC(=O)C(=O)C(O)C(C)O)cc3O)n2)cc1. The number of Topliss-reactive ketones (excluding diaryl/α,β-unsaturated/α-hetero) is 2. The highest BCUT2D eigenvalue weighted by Gasteiger charge is 2.28. The van der Waals surface area contributed by atoms with E-state index in [0.29, 0.717) is 24.2 Å². The minimum absolute atomic E-state index is 0.0926. The normalized spacial score (nSPS) is 13.0. The van der Waals surface area contributed by atoms with E-state index in [2.05, 4.69) is 15.0 Å². The van der Waals surface area contributed by atoms with Crippen molar-refractivity contribution in [3.05, 3.63) is 60.7 Å². The minimum atomic E-state index is -1.77. The van der Waals surface area contributed by atoms with Crippen LogP contribution in [0.5, 0.6) is 28.7 Å². The van der Waals surface area contributed by atoms with Crippen molar-refractivity contribution in [2.75, 3.05) is 20.3 Å². The molecule has 0 bridgehead atoms. The molecule has 16 nitrogen and oxygen atoms in total. The van der Waals surface area contributed by atoms with Gasteiger partial charge >= 0.3 is 11.9 Å². The molecule has 62 heavy (non-hydrogen) atoms. The summed E-state index contributed by atoms with van der Waals surface area (Å²) >= 11 is 0. The van der Waals surface area contributed by atoms with Gasteiger partial charge in [0.25, 0.3) is 5.78 Å². The first-order chi connectivity index (χ1) is 29.7. The highest BCUT2D eigenvalue weighted by Crippen LogP contribution is 2.36. The second-order valence-electron chi connectivity index (χ2n) is 14.9. The Morgan fingerprint density at radius 2 is 1.02 bits per heavy atom. The fraction of sp³-hybridized carbons (Fsp3) is 0.457. The van der Waals surface area contributed by atoms with Gasteiger partial charge in [-0.2, -0.15) is 0 Å². The summed E-state index contributed by atoms with van der Waals surface area (Å²) in [5, 5.41) is 40.8. The monoisotopic (exact) mass is 859 g/mol. The van der Waals surface area contributed by atoms with Crippen LogP contribution in [0.1, 0.15) is 91.9 Å². The first-order valence-electron chi connectivity index (χ1n) is 20.8. The number of benzene rings is 3. The molecule has 1 aromatic heterocycles. The Balaban J connectivity index is 1.24. The van der Waals surface area contributed by atoms with E-state index in [9.17, 15) is 39.6 Å². The molecule has 4 atom stereocenters. The van der Waals surface area contributed by atoms with Crippen LogP contribution in [0.15, 0.2) is 60.7 Å². The molecule has 334 valence electrons. The summed E-state index contributed by atoms with van der Waals surface area (Å²) in [5.41, 5.74) is 1.12. The fourth-order valence-electron chi connectivity index (χ4n) is 6.06. The summed E-state index contributed by atoms with van der Waals surface area (Å²) in [5.74, 6) is -1.80. The number of unbranched alkanes of at least 4 members (excludes halogenated alkanes) is 9. The van der Waals surface area contributed by atoms with Crippen molar-refractivity contribution in [3.8, 4) is 62.9 Å². The molecule has 0 aliphatic carbocycles. The Morgan fingerprint density at radius 1 is 0.581 bits per heavy atom. The molecule has 4 aromatic rings. The topological polar surface area (TPSA) is 234 Å². The third kappa shape index (κ3) is 14.8. The standard InChI is InChI=1S/C46H57N3O13/c1-28(50)30(3)61-34-20-22-36(38(52)26-34)43-47-42(32-16-18-33(58-5)19-17-32)48-44(49-43)37-23-21-35(27-39(37)53)62-31(4)45(56)59-24-14-12-10-8-6-7-9-11-13-15-25-60-46(57)41(55)40(54)29(2)51/h16-23,26-27,29-31,40,51-54H,6-15,24-25H2,1-5H3. The van der Waals surface area contributed by atoms with Crippen LogP contribution in [0.25, 0.3) is 34.2 Å². The van der Waals surface area contributed by atoms with E-state index in [0.717, 1.165) is 51.4 Å². The molecule has 3 aromatic carbocycles. The highest BCUT2D eigenvalue weighted by atomic mass is 16.6. The van der Waals surface area contributed by atoms with Crippen LogP contribution in [-0.2, 0) is 28.7 Å². The first kappa shape index (κ1) is 48.5. The molecule has 4 N–H and O–H groups in total. The van der Waals surface area contributed by atoms with Crippen LogP contribution >= 0.6 is 0 Å². The minimum Gasteiger partial charge on any atom is -0.507 e. The number of phenolic OH excluding ortho intramolecular Hbond substituents is 2. The number of ketones is 2. The maximum absolute atomic E-state index is 12.7. The van der Waals surface area contributed by atoms with Crippen molar-refractivity contribution >= 4 is 23.5 Å². The Bertz CT molecular complexity index is 2110. The summed E-state index contributed by atoms with van der Waals surface area (Å²) in [6.45, 7) is 6.16. The first-order valence-corrected chi connectivity index (χ1v) is 20.8. The molecule has 16 heteroatoms. The number of phenols is 2. The zero-order valence-electron chi connectivity index (χ0n) is 35.9. The molecule has 0 amide bonds. The Labute approximate surface area is 361 Å². The number of aliphatic hydroxyl groups excluding tert-OH is 2. The van der Waals surface area contributed by atoms with E-state index >= 15 is 0 Å². The van der Waals surface area contributed by atoms with E-state index in [4.69, 9.17) is 23.7 Å². The molecule has 4 unspecified atom stereocenters. The number of methoxy groups -OCH3 is 1. The largest absolute Gasteiger partial charge is 0.507 e. The van der Waals surface area contributed by atoms with Gasteiger partial charge in [-0.1, -0.05) is 51.4 Å². The van der Waals surface area contributed by atoms with Gasteiger partial charge in [0.2, 0.25) is 0 Å².